The minimum absolute atomic E-state index is 0.194. The molecule has 0 amide bonds. The Morgan fingerprint density at radius 3 is 2.58 bits per heavy atom. The van der Waals surface area contributed by atoms with Crippen molar-refractivity contribution in [1.82, 2.24) is 9.97 Å². The van der Waals surface area contributed by atoms with E-state index in [1.54, 1.807) is 6.20 Å². The Hall–Kier alpha value is -1.73. The number of rotatable bonds is 3. The van der Waals surface area contributed by atoms with Crippen LogP contribution in [-0.4, -0.2) is 9.97 Å². The molecule has 4 heteroatoms. The van der Waals surface area contributed by atoms with E-state index in [0.29, 0.717) is 5.82 Å². The smallest absolute Gasteiger partial charge is 0.146 e. The van der Waals surface area contributed by atoms with Crippen molar-refractivity contribution < 1.29 is 0 Å². The number of nitriles is 1. The van der Waals surface area contributed by atoms with Crippen LogP contribution in [0.3, 0.4) is 0 Å². The number of benzene rings is 1. The van der Waals surface area contributed by atoms with Crippen molar-refractivity contribution >= 4 is 15.9 Å². The molecule has 1 aromatic carbocycles. The molecule has 0 saturated carbocycles. The molecule has 0 aliphatic carbocycles. The maximum absolute atomic E-state index is 9.23. The van der Waals surface area contributed by atoms with E-state index in [0.717, 1.165) is 15.7 Å². The van der Waals surface area contributed by atoms with E-state index < -0.39 is 0 Å². The lowest BCUT2D eigenvalue weighted by atomic mass is 9.96. The zero-order valence-corrected chi connectivity index (χ0v) is 12.4. The van der Waals surface area contributed by atoms with Gasteiger partial charge in [-0.05, 0) is 18.1 Å². The molecule has 1 aromatic heterocycles. The van der Waals surface area contributed by atoms with Crippen LogP contribution in [-0.2, 0) is 0 Å². The molecule has 0 aliphatic heterocycles. The van der Waals surface area contributed by atoms with Crippen LogP contribution in [0.5, 0.6) is 0 Å². The van der Waals surface area contributed by atoms with Crippen molar-refractivity contribution in [2.45, 2.75) is 19.8 Å². The molecular formula is C15H14BrN3. The van der Waals surface area contributed by atoms with E-state index in [1.807, 2.05) is 44.2 Å². The highest BCUT2D eigenvalue weighted by Gasteiger charge is 2.18. The molecule has 1 heterocycles. The van der Waals surface area contributed by atoms with Crippen molar-refractivity contribution in [2.24, 2.45) is 5.92 Å². The number of nitrogens with zero attached hydrogens (tertiary/aromatic N) is 3. The van der Waals surface area contributed by atoms with E-state index in [2.05, 4.69) is 32.0 Å². The van der Waals surface area contributed by atoms with Gasteiger partial charge in [-0.15, -0.1) is 0 Å². The lowest BCUT2D eigenvalue weighted by molar-refractivity contribution is 0.562. The summed E-state index contributed by atoms with van der Waals surface area (Å²) in [5.74, 6) is 0.507. The molecule has 3 nitrogen and oxygen atoms in total. The molecule has 96 valence electrons. The van der Waals surface area contributed by atoms with E-state index in [1.165, 1.54) is 0 Å². The number of halogens is 1. The molecule has 0 radical (unpaired) electrons. The van der Waals surface area contributed by atoms with Crippen molar-refractivity contribution in [3.8, 4) is 17.3 Å². The van der Waals surface area contributed by atoms with Gasteiger partial charge in [0.05, 0.1) is 11.8 Å². The van der Waals surface area contributed by atoms with Crippen LogP contribution in [0.4, 0.5) is 0 Å². The van der Waals surface area contributed by atoms with Crippen molar-refractivity contribution in [3.05, 3.63) is 46.8 Å². The van der Waals surface area contributed by atoms with Crippen LogP contribution in [0, 0.1) is 17.2 Å². The summed E-state index contributed by atoms with van der Waals surface area (Å²) in [6, 6.07) is 12.0. The van der Waals surface area contributed by atoms with Gasteiger partial charge in [-0.25, -0.2) is 9.97 Å². The Labute approximate surface area is 121 Å². The van der Waals surface area contributed by atoms with Crippen molar-refractivity contribution in [2.75, 3.05) is 0 Å². The molecule has 19 heavy (non-hydrogen) atoms. The molecular weight excluding hydrogens is 302 g/mol. The lowest BCUT2D eigenvalue weighted by Crippen LogP contribution is -2.09. The predicted octanol–water partition coefficient (Wildman–Crippen LogP) is 4.17. The Balaban J connectivity index is 2.46. The fourth-order valence-electron chi connectivity index (χ4n) is 1.85. The summed E-state index contributed by atoms with van der Waals surface area (Å²) < 4.78 is 0.984. The van der Waals surface area contributed by atoms with Gasteiger partial charge in [-0.3, -0.25) is 0 Å². The second-order valence-corrected chi connectivity index (χ2v) is 5.49. The van der Waals surface area contributed by atoms with Crippen LogP contribution >= 0.6 is 15.9 Å². The summed E-state index contributed by atoms with van der Waals surface area (Å²) in [5.41, 5.74) is 1.84. The zero-order valence-electron chi connectivity index (χ0n) is 10.8. The van der Waals surface area contributed by atoms with Gasteiger partial charge < -0.3 is 0 Å². The van der Waals surface area contributed by atoms with E-state index in [4.69, 9.17) is 0 Å². The van der Waals surface area contributed by atoms with Crippen LogP contribution in [0.25, 0.3) is 11.3 Å². The first-order valence-corrected chi connectivity index (χ1v) is 6.90. The fourth-order valence-corrected chi connectivity index (χ4v) is 2.34. The molecule has 2 rings (SSSR count). The Morgan fingerprint density at radius 1 is 1.21 bits per heavy atom. The highest BCUT2D eigenvalue weighted by molar-refractivity contribution is 9.10. The lowest BCUT2D eigenvalue weighted by Gasteiger charge is -2.12. The van der Waals surface area contributed by atoms with Gasteiger partial charge in [0.1, 0.15) is 11.7 Å². The van der Waals surface area contributed by atoms with Gasteiger partial charge in [-0.2, -0.15) is 5.26 Å². The Kier molecular flexibility index (Phi) is 4.28. The van der Waals surface area contributed by atoms with Gasteiger partial charge in [0, 0.05) is 16.2 Å². The quantitative estimate of drug-likeness (QED) is 0.854. The van der Waals surface area contributed by atoms with Crippen LogP contribution in [0.1, 0.15) is 25.6 Å². The second-order valence-electron chi connectivity index (χ2n) is 4.63. The van der Waals surface area contributed by atoms with Crippen LogP contribution in [0.2, 0.25) is 0 Å². The summed E-state index contributed by atoms with van der Waals surface area (Å²) in [7, 11) is 0. The molecule has 0 saturated heterocycles. The summed E-state index contributed by atoms with van der Waals surface area (Å²) >= 11 is 3.52. The molecule has 1 unspecified atom stereocenters. The minimum Gasteiger partial charge on any atom is -0.240 e. The van der Waals surface area contributed by atoms with Crippen LogP contribution < -0.4 is 0 Å². The third kappa shape index (κ3) is 2.99. The molecule has 0 N–H and O–H groups in total. The number of hydrogen-bond donors (Lipinski definition) is 0. The van der Waals surface area contributed by atoms with Gasteiger partial charge in [0.2, 0.25) is 0 Å². The number of aromatic nitrogens is 2. The summed E-state index contributed by atoms with van der Waals surface area (Å²) in [6.07, 6.45) is 1.71. The highest BCUT2D eigenvalue weighted by Crippen LogP contribution is 2.28. The summed E-state index contributed by atoms with van der Waals surface area (Å²) in [6.45, 7) is 4.00. The normalized spacial score (nSPS) is 12.2. The standard InChI is InChI=1S/C15H14BrN3/c1-10(2)12(9-17)15-18-8-7-14(19-15)11-5-3-4-6-13(11)16/h3-8,10,12H,1-2H3. The van der Waals surface area contributed by atoms with Gasteiger partial charge in [0.15, 0.2) is 0 Å². The largest absolute Gasteiger partial charge is 0.240 e. The molecule has 1 atom stereocenters. The monoisotopic (exact) mass is 315 g/mol. The predicted molar refractivity (Wildman–Crippen MR) is 78.4 cm³/mol. The maximum atomic E-state index is 9.23. The van der Waals surface area contributed by atoms with Gasteiger partial charge in [0.25, 0.3) is 0 Å². The first-order chi connectivity index (χ1) is 9.13. The third-order valence-electron chi connectivity index (χ3n) is 2.91. The third-order valence-corrected chi connectivity index (χ3v) is 3.60. The molecule has 0 spiro atoms. The Bertz CT molecular complexity index is 617. The van der Waals surface area contributed by atoms with E-state index in [-0.39, 0.29) is 11.8 Å². The van der Waals surface area contributed by atoms with Crippen LogP contribution in [0.15, 0.2) is 41.0 Å². The van der Waals surface area contributed by atoms with E-state index in [9.17, 15) is 5.26 Å². The molecule has 0 aliphatic rings. The average molecular weight is 316 g/mol. The fraction of sp³-hybridized carbons (Fsp3) is 0.267. The molecule has 0 fully saturated rings. The van der Waals surface area contributed by atoms with Crippen molar-refractivity contribution in [1.29, 1.82) is 5.26 Å². The first-order valence-electron chi connectivity index (χ1n) is 6.11. The molecule has 2 aromatic rings. The molecule has 0 bridgehead atoms. The van der Waals surface area contributed by atoms with Gasteiger partial charge >= 0.3 is 0 Å². The zero-order chi connectivity index (χ0) is 13.8. The summed E-state index contributed by atoms with van der Waals surface area (Å²) in [5, 5.41) is 9.23. The highest BCUT2D eigenvalue weighted by atomic mass is 79.9. The van der Waals surface area contributed by atoms with Gasteiger partial charge in [-0.1, -0.05) is 48.0 Å². The SMILES string of the molecule is CC(C)C(C#N)c1nccc(-c2ccccc2Br)n1. The topological polar surface area (TPSA) is 49.6 Å². The van der Waals surface area contributed by atoms with Crippen molar-refractivity contribution in [3.63, 3.8) is 0 Å². The number of hydrogen-bond acceptors (Lipinski definition) is 3. The van der Waals surface area contributed by atoms with E-state index >= 15 is 0 Å². The maximum Gasteiger partial charge on any atom is 0.146 e. The Morgan fingerprint density at radius 2 is 1.95 bits per heavy atom. The second kappa shape index (κ2) is 5.94. The average Bonchev–Trinajstić information content (AvgIpc) is 2.40. The minimum atomic E-state index is -0.276. The summed E-state index contributed by atoms with van der Waals surface area (Å²) in [4.78, 5) is 8.77. The first kappa shape index (κ1) is 13.7.